The zero-order chi connectivity index (χ0) is 8.55. The van der Waals surface area contributed by atoms with E-state index >= 15 is 0 Å². The molecule has 0 unspecified atom stereocenters. The van der Waals surface area contributed by atoms with Gasteiger partial charge in [-0.3, -0.25) is 4.90 Å². The van der Waals surface area contributed by atoms with Crippen LogP contribution < -0.4 is 0 Å². The average molecular weight is 168 g/mol. The molecule has 0 radical (unpaired) electrons. The third kappa shape index (κ3) is 1.22. The van der Waals surface area contributed by atoms with Crippen molar-refractivity contribution in [2.24, 2.45) is 0 Å². The highest BCUT2D eigenvalue weighted by Gasteiger charge is 2.20. The van der Waals surface area contributed by atoms with Crippen LogP contribution in [0.1, 0.15) is 26.7 Å². The van der Waals surface area contributed by atoms with Gasteiger partial charge in [-0.05, 0) is 13.8 Å². The number of rotatable bonds is 1. The van der Waals surface area contributed by atoms with E-state index in [-0.39, 0.29) is 1.43 Å². The van der Waals surface area contributed by atoms with E-state index in [1.165, 1.54) is 0 Å². The minimum absolute atomic E-state index is 0. The number of aromatic amines is 1. The monoisotopic (exact) mass is 168 g/mol. The Bertz CT molecular complexity index is 271. The fourth-order valence-electron chi connectivity index (χ4n) is 1.56. The normalized spacial score (nSPS) is 18.2. The van der Waals surface area contributed by atoms with Gasteiger partial charge in [0.2, 0.25) is 0 Å². The molecule has 1 aliphatic rings. The van der Waals surface area contributed by atoms with Crippen molar-refractivity contribution in [1.82, 2.24) is 20.3 Å². The van der Waals surface area contributed by atoms with Gasteiger partial charge in [-0.25, -0.2) is 0 Å². The maximum atomic E-state index is 4.11. The third-order valence-electron chi connectivity index (χ3n) is 2.42. The second-order valence-corrected chi connectivity index (χ2v) is 3.53. The quantitative estimate of drug-likeness (QED) is 0.675. The van der Waals surface area contributed by atoms with Crippen molar-refractivity contribution in [1.29, 1.82) is 0 Å². The lowest BCUT2D eigenvalue weighted by Gasteiger charge is -2.28. The third-order valence-corrected chi connectivity index (χ3v) is 2.42. The smallest absolute Gasteiger partial charge is 0.0997 e. The van der Waals surface area contributed by atoms with Crippen molar-refractivity contribution in [2.45, 2.75) is 32.9 Å². The molecule has 1 aliphatic heterocycles. The van der Waals surface area contributed by atoms with E-state index in [0.717, 1.165) is 30.9 Å². The lowest BCUT2D eigenvalue weighted by molar-refractivity contribution is 0.200. The number of hydrogen-bond acceptors (Lipinski definition) is 3. The molecule has 4 heteroatoms. The molecule has 0 aliphatic carbocycles. The van der Waals surface area contributed by atoms with E-state index in [1.807, 2.05) is 0 Å². The Morgan fingerprint density at radius 1 is 1.42 bits per heavy atom. The summed E-state index contributed by atoms with van der Waals surface area (Å²) in [7, 11) is 0. The first kappa shape index (κ1) is 7.73. The van der Waals surface area contributed by atoms with Gasteiger partial charge in [0.25, 0.3) is 0 Å². The number of fused-ring (bicyclic) bond motifs is 1. The first-order valence-electron chi connectivity index (χ1n) is 4.40. The second-order valence-electron chi connectivity index (χ2n) is 3.53. The van der Waals surface area contributed by atoms with Crippen LogP contribution in [0.2, 0.25) is 0 Å². The second kappa shape index (κ2) is 2.86. The van der Waals surface area contributed by atoms with Gasteiger partial charge in [-0.15, -0.1) is 0 Å². The van der Waals surface area contributed by atoms with Gasteiger partial charge in [0, 0.05) is 27.0 Å². The summed E-state index contributed by atoms with van der Waals surface area (Å²) in [6.07, 6.45) is 1.03. The van der Waals surface area contributed by atoms with E-state index in [4.69, 9.17) is 0 Å². The maximum Gasteiger partial charge on any atom is 0.0997 e. The van der Waals surface area contributed by atoms with Gasteiger partial charge in [-0.2, -0.15) is 15.4 Å². The Kier molecular flexibility index (Phi) is 1.84. The Hall–Kier alpha value is -0.900. The summed E-state index contributed by atoms with van der Waals surface area (Å²) in [6.45, 7) is 6.48. The number of nitrogens with one attached hydrogen (secondary N) is 1. The van der Waals surface area contributed by atoms with Crippen LogP contribution in [0.15, 0.2) is 0 Å². The van der Waals surface area contributed by atoms with E-state index in [0.29, 0.717) is 6.04 Å². The maximum absolute atomic E-state index is 4.11. The molecular weight excluding hydrogens is 152 g/mol. The molecule has 68 valence electrons. The summed E-state index contributed by atoms with van der Waals surface area (Å²) in [5, 5.41) is 10.9. The van der Waals surface area contributed by atoms with Crippen LogP contribution in [0.3, 0.4) is 0 Å². The number of hydrogen-bond donors (Lipinski definition) is 1. The number of nitrogens with zero attached hydrogens (tertiary/aromatic N) is 3. The summed E-state index contributed by atoms with van der Waals surface area (Å²) in [6, 6.07) is 0.606. The molecule has 12 heavy (non-hydrogen) atoms. The van der Waals surface area contributed by atoms with Crippen molar-refractivity contribution in [3.05, 3.63) is 11.4 Å². The number of H-pyrrole nitrogens is 1. The standard InChI is InChI=1S/C8H14N4.H2/c1-6(2)12-4-3-7-8(5-12)10-11-9-7;/h6H,3-5H2,1-2H3,(H,9,10,11);1H. The average Bonchev–Trinajstić information content (AvgIpc) is 2.49. The van der Waals surface area contributed by atoms with Crippen LogP contribution >= 0.6 is 0 Å². The van der Waals surface area contributed by atoms with Gasteiger partial charge in [0.05, 0.1) is 11.4 Å². The fraction of sp³-hybridized carbons (Fsp3) is 0.750. The van der Waals surface area contributed by atoms with Gasteiger partial charge in [0.1, 0.15) is 0 Å². The first-order chi connectivity index (χ1) is 5.77. The zero-order valence-corrected chi connectivity index (χ0v) is 7.54. The Labute approximate surface area is 73.4 Å². The lowest BCUT2D eigenvalue weighted by atomic mass is 10.1. The van der Waals surface area contributed by atoms with E-state index in [9.17, 15) is 0 Å². The van der Waals surface area contributed by atoms with E-state index in [2.05, 4.69) is 34.2 Å². The summed E-state index contributed by atoms with van der Waals surface area (Å²) >= 11 is 0. The minimum Gasteiger partial charge on any atom is -0.295 e. The SMILES string of the molecule is CC(C)N1CCc2n[nH]nc2C1.[HH]. The Balaban J connectivity index is 0.000000845. The molecule has 0 amide bonds. The predicted octanol–water partition coefficient (Wildman–Crippen LogP) is 0.817. The van der Waals surface area contributed by atoms with Crippen LogP contribution in [0, 0.1) is 0 Å². The van der Waals surface area contributed by atoms with Crippen molar-refractivity contribution < 1.29 is 1.43 Å². The van der Waals surface area contributed by atoms with Crippen LogP contribution in [0.25, 0.3) is 0 Å². The summed E-state index contributed by atoms with van der Waals surface area (Å²) in [5.74, 6) is 0. The van der Waals surface area contributed by atoms with Crippen LogP contribution in [-0.2, 0) is 13.0 Å². The highest BCUT2D eigenvalue weighted by molar-refractivity contribution is 5.11. The van der Waals surface area contributed by atoms with Crippen LogP contribution in [0.5, 0.6) is 0 Å². The van der Waals surface area contributed by atoms with Crippen molar-refractivity contribution in [3.8, 4) is 0 Å². The zero-order valence-electron chi connectivity index (χ0n) is 7.54. The van der Waals surface area contributed by atoms with Gasteiger partial charge in [-0.1, -0.05) is 0 Å². The molecule has 0 fully saturated rings. The topological polar surface area (TPSA) is 44.8 Å². The van der Waals surface area contributed by atoms with Gasteiger partial charge >= 0.3 is 0 Å². The highest BCUT2D eigenvalue weighted by Crippen LogP contribution is 2.15. The molecule has 1 aromatic rings. The van der Waals surface area contributed by atoms with Crippen molar-refractivity contribution >= 4 is 0 Å². The molecule has 1 N–H and O–H groups in total. The minimum atomic E-state index is 0. The summed E-state index contributed by atoms with van der Waals surface area (Å²) in [4.78, 5) is 2.41. The van der Waals surface area contributed by atoms with Gasteiger partial charge < -0.3 is 0 Å². The Morgan fingerprint density at radius 3 is 2.92 bits per heavy atom. The molecular formula is C8H16N4. The highest BCUT2D eigenvalue weighted by atomic mass is 15.3. The molecule has 0 bridgehead atoms. The van der Waals surface area contributed by atoms with Crippen molar-refractivity contribution in [3.63, 3.8) is 0 Å². The van der Waals surface area contributed by atoms with E-state index < -0.39 is 0 Å². The molecule has 0 saturated carbocycles. The molecule has 0 aromatic carbocycles. The Morgan fingerprint density at radius 2 is 2.17 bits per heavy atom. The molecule has 0 spiro atoms. The first-order valence-corrected chi connectivity index (χ1v) is 4.40. The largest absolute Gasteiger partial charge is 0.295 e. The molecule has 4 nitrogen and oxygen atoms in total. The molecule has 0 atom stereocenters. The predicted molar refractivity (Wildman–Crippen MR) is 47.7 cm³/mol. The summed E-state index contributed by atoms with van der Waals surface area (Å²) < 4.78 is 0. The molecule has 0 saturated heterocycles. The van der Waals surface area contributed by atoms with Gasteiger partial charge in [0.15, 0.2) is 0 Å². The lowest BCUT2D eigenvalue weighted by Crippen LogP contribution is -2.35. The molecule has 1 aromatic heterocycles. The van der Waals surface area contributed by atoms with Crippen LogP contribution in [-0.4, -0.2) is 32.9 Å². The van der Waals surface area contributed by atoms with Crippen LogP contribution in [0.4, 0.5) is 0 Å². The van der Waals surface area contributed by atoms with E-state index in [1.54, 1.807) is 0 Å². The molecule has 2 rings (SSSR count). The van der Waals surface area contributed by atoms with Crippen molar-refractivity contribution in [2.75, 3.05) is 6.54 Å². The fourth-order valence-corrected chi connectivity index (χ4v) is 1.56. The summed E-state index contributed by atoms with van der Waals surface area (Å²) in [5.41, 5.74) is 2.27. The molecule has 2 heterocycles. The number of aromatic nitrogens is 3.